The number of aromatic nitrogens is 1. The van der Waals surface area contributed by atoms with Crippen molar-refractivity contribution in [1.29, 1.82) is 0 Å². The van der Waals surface area contributed by atoms with Crippen LogP contribution in [0.1, 0.15) is 32.7 Å². The minimum atomic E-state index is -0.724. The molecule has 1 heterocycles. The van der Waals surface area contributed by atoms with Crippen LogP contribution in [-0.2, 0) is 18.9 Å². The quantitative estimate of drug-likeness (QED) is 0.581. The van der Waals surface area contributed by atoms with Crippen LogP contribution < -0.4 is 0 Å². The number of esters is 2. The van der Waals surface area contributed by atoms with Crippen LogP contribution >= 0.6 is 0 Å². The highest BCUT2D eigenvalue weighted by Gasteiger charge is 2.22. The molecular formula is C12H15NO6. The van der Waals surface area contributed by atoms with Crippen molar-refractivity contribution in [2.45, 2.75) is 6.29 Å². The summed E-state index contributed by atoms with van der Waals surface area (Å²) in [6.45, 7) is 0. The zero-order chi connectivity index (χ0) is 14.4. The van der Waals surface area contributed by atoms with E-state index in [9.17, 15) is 9.59 Å². The third-order valence-electron chi connectivity index (χ3n) is 2.39. The molecule has 0 aliphatic carbocycles. The standard InChI is InChI=1S/C12H15NO6/c1-16-10(14)8-5-7(12(18-3)19-4)6-13-9(8)11(15)17-2/h5-6,12H,1-4H3. The van der Waals surface area contributed by atoms with Crippen molar-refractivity contribution in [2.75, 3.05) is 28.4 Å². The van der Waals surface area contributed by atoms with Crippen molar-refractivity contribution in [2.24, 2.45) is 0 Å². The molecule has 0 aromatic carbocycles. The van der Waals surface area contributed by atoms with E-state index in [1.54, 1.807) is 0 Å². The van der Waals surface area contributed by atoms with Crippen molar-refractivity contribution in [3.8, 4) is 0 Å². The van der Waals surface area contributed by atoms with Gasteiger partial charge in [0.25, 0.3) is 0 Å². The molecule has 0 fully saturated rings. The normalized spacial score (nSPS) is 10.4. The third kappa shape index (κ3) is 3.27. The summed E-state index contributed by atoms with van der Waals surface area (Å²) in [5, 5.41) is 0. The zero-order valence-corrected chi connectivity index (χ0v) is 11.1. The molecule has 0 atom stereocenters. The van der Waals surface area contributed by atoms with E-state index < -0.39 is 18.2 Å². The molecule has 0 unspecified atom stereocenters. The van der Waals surface area contributed by atoms with E-state index in [0.717, 1.165) is 0 Å². The molecule has 0 saturated carbocycles. The van der Waals surface area contributed by atoms with Gasteiger partial charge in [-0.1, -0.05) is 0 Å². The first kappa shape index (κ1) is 15.1. The Kier molecular flexibility index (Phi) is 5.40. The number of carbonyl (C=O) groups excluding carboxylic acids is 2. The molecule has 0 saturated heterocycles. The van der Waals surface area contributed by atoms with Crippen LogP contribution in [0.25, 0.3) is 0 Å². The highest BCUT2D eigenvalue weighted by molar-refractivity contribution is 6.01. The maximum atomic E-state index is 11.7. The lowest BCUT2D eigenvalue weighted by molar-refractivity contribution is -0.106. The molecule has 0 bridgehead atoms. The smallest absolute Gasteiger partial charge is 0.357 e. The fraction of sp³-hybridized carbons (Fsp3) is 0.417. The van der Waals surface area contributed by atoms with E-state index in [2.05, 4.69) is 14.5 Å². The summed E-state index contributed by atoms with van der Waals surface area (Å²) in [5.41, 5.74) is 0.355. The Labute approximate surface area is 110 Å². The Morgan fingerprint density at radius 2 is 1.63 bits per heavy atom. The van der Waals surface area contributed by atoms with Gasteiger partial charge in [0.05, 0.1) is 19.8 Å². The lowest BCUT2D eigenvalue weighted by Crippen LogP contribution is -2.16. The van der Waals surface area contributed by atoms with Crippen molar-refractivity contribution in [3.05, 3.63) is 29.1 Å². The first-order valence-corrected chi connectivity index (χ1v) is 5.31. The Bertz CT molecular complexity index is 469. The van der Waals surface area contributed by atoms with Crippen molar-refractivity contribution < 1.29 is 28.5 Å². The molecule has 0 amide bonds. The predicted octanol–water partition coefficient (Wildman–Crippen LogP) is 0.946. The second-order valence-electron chi connectivity index (χ2n) is 3.45. The third-order valence-corrected chi connectivity index (χ3v) is 2.39. The number of hydrogen-bond acceptors (Lipinski definition) is 7. The van der Waals surface area contributed by atoms with E-state index in [1.165, 1.54) is 40.7 Å². The largest absolute Gasteiger partial charge is 0.465 e. The molecule has 1 rings (SSSR count). The summed E-state index contributed by atoms with van der Waals surface area (Å²) in [6.07, 6.45) is 0.679. The number of rotatable bonds is 5. The molecule has 104 valence electrons. The van der Waals surface area contributed by atoms with Gasteiger partial charge in [-0.05, 0) is 6.07 Å². The van der Waals surface area contributed by atoms with Gasteiger partial charge in [-0.15, -0.1) is 0 Å². The lowest BCUT2D eigenvalue weighted by atomic mass is 10.1. The monoisotopic (exact) mass is 269 g/mol. The van der Waals surface area contributed by atoms with Gasteiger partial charge in [0, 0.05) is 26.0 Å². The van der Waals surface area contributed by atoms with Crippen LogP contribution in [0.4, 0.5) is 0 Å². The Hall–Kier alpha value is -1.99. The second kappa shape index (κ2) is 6.81. The SMILES string of the molecule is COC(=O)c1cc(C(OC)OC)cnc1C(=O)OC. The molecule has 0 spiro atoms. The van der Waals surface area contributed by atoms with E-state index in [1.807, 2.05) is 0 Å². The van der Waals surface area contributed by atoms with Gasteiger partial charge in [-0.25, -0.2) is 14.6 Å². The van der Waals surface area contributed by atoms with Crippen LogP contribution in [0.3, 0.4) is 0 Å². The molecule has 7 nitrogen and oxygen atoms in total. The van der Waals surface area contributed by atoms with Crippen LogP contribution in [0.2, 0.25) is 0 Å². The molecule has 0 aliphatic rings. The molecular weight excluding hydrogens is 254 g/mol. The van der Waals surface area contributed by atoms with Crippen LogP contribution in [0, 0.1) is 0 Å². The lowest BCUT2D eigenvalue weighted by Gasteiger charge is -2.14. The number of methoxy groups -OCH3 is 4. The van der Waals surface area contributed by atoms with Crippen LogP contribution in [0.15, 0.2) is 12.3 Å². The average molecular weight is 269 g/mol. The Morgan fingerprint density at radius 3 is 2.11 bits per heavy atom. The maximum absolute atomic E-state index is 11.7. The highest BCUT2D eigenvalue weighted by atomic mass is 16.7. The number of ether oxygens (including phenoxy) is 4. The molecule has 7 heteroatoms. The molecule has 0 N–H and O–H groups in total. The van der Waals surface area contributed by atoms with Crippen LogP contribution in [-0.4, -0.2) is 45.4 Å². The summed E-state index contributed by atoms with van der Waals surface area (Å²) in [7, 11) is 5.30. The second-order valence-corrected chi connectivity index (χ2v) is 3.45. The van der Waals surface area contributed by atoms with Gasteiger partial charge in [0.15, 0.2) is 12.0 Å². The van der Waals surface area contributed by atoms with E-state index in [-0.39, 0.29) is 11.3 Å². The molecule has 1 aromatic heterocycles. The molecule has 0 aliphatic heterocycles. The average Bonchev–Trinajstić information content (AvgIpc) is 2.46. The number of pyridine rings is 1. The number of nitrogens with zero attached hydrogens (tertiary/aromatic N) is 1. The number of hydrogen-bond donors (Lipinski definition) is 0. The highest BCUT2D eigenvalue weighted by Crippen LogP contribution is 2.20. The fourth-order valence-electron chi connectivity index (χ4n) is 1.50. The van der Waals surface area contributed by atoms with Gasteiger partial charge in [-0.3, -0.25) is 0 Å². The first-order chi connectivity index (χ1) is 9.08. The van der Waals surface area contributed by atoms with Crippen molar-refractivity contribution in [3.63, 3.8) is 0 Å². The first-order valence-electron chi connectivity index (χ1n) is 5.31. The fourth-order valence-corrected chi connectivity index (χ4v) is 1.50. The van der Waals surface area contributed by atoms with Crippen molar-refractivity contribution >= 4 is 11.9 Å². The molecule has 1 aromatic rings. The van der Waals surface area contributed by atoms with Gasteiger partial charge in [0.2, 0.25) is 0 Å². The van der Waals surface area contributed by atoms with E-state index in [0.29, 0.717) is 5.56 Å². The van der Waals surface area contributed by atoms with Gasteiger partial charge >= 0.3 is 11.9 Å². The minimum absolute atomic E-state index is 0.00838. The Balaban J connectivity index is 3.30. The number of carbonyl (C=O) groups is 2. The van der Waals surface area contributed by atoms with Gasteiger partial charge in [-0.2, -0.15) is 0 Å². The van der Waals surface area contributed by atoms with E-state index in [4.69, 9.17) is 9.47 Å². The Morgan fingerprint density at radius 1 is 1.05 bits per heavy atom. The summed E-state index contributed by atoms with van der Waals surface area (Å²) in [6, 6.07) is 1.42. The predicted molar refractivity (Wildman–Crippen MR) is 63.7 cm³/mol. The summed E-state index contributed by atoms with van der Waals surface area (Å²) in [5.74, 6) is -1.42. The van der Waals surface area contributed by atoms with Crippen LogP contribution in [0.5, 0.6) is 0 Å². The van der Waals surface area contributed by atoms with Gasteiger partial charge < -0.3 is 18.9 Å². The molecule has 19 heavy (non-hydrogen) atoms. The molecule has 0 radical (unpaired) electrons. The topological polar surface area (TPSA) is 84.0 Å². The van der Waals surface area contributed by atoms with E-state index >= 15 is 0 Å². The minimum Gasteiger partial charge on any atom is -0.465 e. The van der Waals surface area contributed by atoms with Crippen molar-refractivity contribution in [1.82, 2.24) is 4.98 Å². The maximum Gasteiger partial charge on any atom is 0.357 e. The summed E-state index contributed by atoms with van der Waals surface area (Å²) >= 11 is 0. The van der Waals surface area contributed by atoms with Gasteiger partial charge in [0.1, 0.15) is 0 Å². The zero-order valence-electron chi connectivity index (χ0n) is 11.1. The summed E-state index contributed by atoms with van der Waals surface area (Å²) in [4.78, 5) is 27.1. The summed E-state index contributed by atoms with van der Waals surface area (Å²) < 4.78 is 19.3.